The van der Waals surface area contributed by atoms with E-state index >= 15 is 0 Å². The molecule has 0 unspecified atom stereocenters. The van der Waals surface area contributed by atoms with Crippen LogP contribution in [0.25, 0.3) is 0 Å². The number of anilines is 1. The summed E-state index contributed by atoms with van der Waals surface area (Å²) in [6, 6.07) is 5.94. The van der Waals surface area contributed by atoms with E-state index in [2.05, 4.69) is 31.7 Å². The third-order valence-electron chi connectivity index (χ3n) is 4.86. The summed E-state index contributed by atoms with van der Waals surface area (Å²) in [6.07, 6.45) is 1.73. The minimum Gasteiger partial charge on any atom is -0.396 e. The normalized spacial score (nSPS) is 24.7. The fourth-order valence-electron chi connectivity index (χ4n) is 3.42. The number of pyridine rings is 1. The Balaban J connectivity index is 2.38. The molecule has 0 bridgehead atoms. The molecule has 126 valence electrons. The van der Waals surface area contributed by atoms with Crippen LogP contribution in [0.15, 0.2) is 12.1 Å². The van der Waals surface area contributed by atoms with Gasteiger partial charge in [-0.25, -0.2) is 4.98 Å². The molecule has 2 atom stereocenters. The van der Waals surface area contributed by atoms with Crippen LogP contribution in [-0.2, 0) is 0 Å². The van der Waals surface area contributed by atoms with E-state index in [0.717, 1.165) is 18.5 Å². The SMILES string of the molecule is CCC[C@@]1(CO)CN(c2nc(C(C)C)ccc2C#N)CC[C@@H]1O. The van der Waals surface area contributed by atoms with Gasteiger partial charge >= 0.3 is 0 Å². The lowest BCUT2D eigenvalue weighted by Crippen LogP contribution is -2.54. The first-order valence-corrected chi connectivity index (χ1v) is 8.42. The summed E-state index contributed by atoms with van der Waals surface area (Å²) in [4.78, 5) is 6.75. The van der Waals surface area contributed by atoms with Crippen molar-refractivity contribution in [1.82, 2.24) is 4.98 Å². The van der Waals surface area contributed by atoms with Gasteiger partial charge in [0.25, 0.3) is 0 Å². The quantitative estimate of drug-likeness (QED) is 0.872. The van der Waals surface area contributed by atoms with Crippen molar-refractivity contribution in [3.8, 4) is 6.07 Å². The minimum absolute atomic E-state index is 0.0513. The van der Waals surface area contributed by atoms with Gasteiger partial charge in [0.15, 0.2) is 0 Å². The van der Waals surface area contributed by atoms with E-state index in [1.54, 1.807) is 0 Å². The highest BCUT2D eigenvalue weighted by atomic mass is 16.3. The van der Waals surface area contributed by atoms with Crippen molar-refractivity contribution >= 4 is 5.82 Å². The standard InChI is InChI=1S/C18H27N3O2/c1-4-8-18(12-22)11-21(9-7-16(18)23)17-14(10-19)5-6-15(20-17)13(2)3/h5-6,13,16,22-23H,4,7-9,11-12H2,1-3H3/t16-,18-/m0/s1. The molecule has 0 amide bonds. The molecule has 23 heavy (non-hydrogen) atoms. The molecule has 1 aromatic rings. The third-order valence-corrected chi connectivity index (χ3v) is 4.86. The lowest BCUT2D eigenvalue weighted by Gasteiger charge is -2.46. The Kier molecular flexibility index (Phi) is 5.61. The molecule has 0 aromatic carbocycles. The number of piperidine rings is 1. The molecule has 0 saturated carbocycles. The highest BCUT2D eigenvalue weighted by Gasteiger charge is 2.42. The Bertz CT molecular complexity index is 582. The second-order valence-electron chi connectivity index (χ2n) is 6.87. The summed E-state index contributed by atoms with van der Waals surface area (Å²) in [7, 11) is 0. The van der Waals surface area contributed by atoms with Crippen LogP contribution < -0.4 is 4.90 Å². The molecule has 2 N–H and O–H groups in total. The first-order chi connectivity index (χ1) is 11.0. The largest absolute Gasteiger partial charge is 0.396 e. The Labute approximate surface area is 138 Å². The summed E-state index contributed by atoms with van der Waals surface area (Å²) in [5.74, 6) is 0.967. The van der Waals surface area contributed by atoms with Crippen LogP contribution in [0.4, 0.5) is 5.82 Å². The average Bonchev–Trinajstić information content (AvgIpc) is 2.56. The molecule has 1 aliphatic rings. The van der Waals surface area contributed by atoms with Gasteiger partial charge in [0, 0.05) is 24.2 Å². The van der Waals surface area contributed by atoms with Crippen molar-refractivity contribution in [3.63, 3.8) is 0 Å². The molecular weight excluding hydrogens is 290 g/mol. The zero-order valence-electron chi connectivity index (χ0n) is 14.3. The number of rotatable bonds is 5. The fraction of sp³-hybridized carbons (Fsp3) is 0.667. The van der Waals surface area contributed by atoms with Gasteiger partial charge in [-0.1, -0.05) is 27.2 Å². The van der Waals surface area contributed by atoms with Crippen molar-refractivity contribution in [2.45, 2.75) is 52.1 Å². The third kappa shape index (κ3) is 3.49. The van der Waals surface area contributed by atoms with Gasteiger partial charge in [-0.2, -0.15) is 5.26 Å². The fourth-order valence-corrected chi connectivity index (χ4v) is 3.42. The number of hydrogen-bond acceptors (Lipinski definition) is 5. The van der Waals surface area contributed by atoms with Crippen molar-refractivity contribution < 1.29 is 10.2 Å². The zero-order chi connectivity index (χ0) is 17.0. The Morgan fingerprint density at radius 3 is 2.78 bits per heavy atom. The number of aromatic nitrogens is 1. The van der Waals surface area contributed by atoms with Crippen LogP contribution in [0, 0.1) is 16.7 Å². The molecule has 2 rings (SSSR count). The molecule has 1 saturated heterocycles. The number of hydrogen-bond donors (Lipinski definition) is 2. The van der Waals surface area contributed by atoms with Gasteiger partial charge < -0.3 is 15.1 Å². The van der Waals surface area contributed by atoms with E-state index in [9.17, 15) is 15.5 Å². The summed E-state index contributed by atoms with van der Waals surface area (Å²) >= 11 is 0. The molecule has 1 aliphatic heterocycles. The molecule has 5 nitrogen and oxygen atoms in total. The van der Waals surface area contributed by atoms with E-state index in [-0.39, 0.29) is 12.5 Å². The molecule has 0 aliphatic carbocycles. The van der Waals surface area contributed by atoms with Gasteiger partial charge in [0.1, 0.15) is 11.9 Å². The van der Waals surface area contributed by atoms with Crippen LogP contribution in [0.1, 0.15) is 57.2 Å². The maximum absolute atomic E-state index is 10.4. The second kappa shape index (κ2) is 7.29. The second-order valence-corrected chi connectivity index (χ2v) is 6.87. The van der Waals surface area contributed by atoms with E-state index < -0.39 is 11.5 Å². The maximum atomic E-state index is 10.4. The predicted octanol–water partition coefficient (Wildman–Crippen LogP) is 2.43. The lowest BCUT2D eigenvalue weighted by atomic mass is 9.74. The average molecular weight is 317 g/mol. The number of aliphatic hydroxyl groups is 2. The van der Waals surface area contributed by atoms with Gasteiger partial charge in [-0.05, 0) is 30.9 Å². The highest BCUT2D eigenvalue weighted by molar-refractivity contribution is 5.55. The molecule has 1 fully saturated rings. The zero-order valence-corrected chi connectivity index (χ0v) is 14.3. The smallest absolute Gasteiger partial charge is 0.146 e. The maximum Gasteiger partial charge on any atom is 0.146 e. The highest BCUT2D eigenvalue weighted by Crippen LogP contribution is 2.37. The number of nitrogens with zero attached hydrogens (tertiary/aromatic N) is 3. The monoisotopic (exact) mass is 317 g/mol. The molecule has 0 spiro atoms. The van der Waals surface area contributed by atoms with Crippen molar-refractivity contribution in [3.05, 3.63) is 23.4 Å². The lowest BCUT2D eigenvalue weighted by molar-refractivity contribution is -0.0353. The summed E-state index contributed by atoms with van der Waals surface area (Å²) in [5.41, 5.74) is 0.972. The van der Waals surface area contributed by atoms with Gasteiger partial charge in [0.2, 0.25) is 0 Å². The van der Waals surface area contributed by atoms with Gasteiger partial charge in [0.05, 0.1) is 18.3 Å². The molecule has 0 radical (unpaired) electrons. The summed E-state index contributed by atoms with van der Waals surface area (Å²) in [6.45, 7) is 7.34. The minimum atomic E-state index is -0.532. The van der Waals surface area contributed by atoms with Crippen LogP contribution in [0.5, 0.6) is 0 Å². The predicted molar refractivity (Wildman–Crippen MR) is 90.3 cm³/mol. The Morgan fingerprint density at radius 2 is 2.22 bits per heavy atom. The van der Waals surface area contributed by atoms with Crippen molar-refractivity contribution in [2.24, 2.45) is 5.41 Å². The van der Waals surface area contributed by atoms with E-state index in [4.69, 9.17) is 4.98 Å². The molecule has 2 heterocycles. The number of nitriles is 1. The van der Waals surface area contributed by atoms with Crippen LogP contribution >= 0.6 is 0 Å². The summed E-state index contributed by atoms with van der Waals surface area (Å²) in [5, 5.41) is 29.7. The van der Waals surface area contributed by atoms with Crippen LogP contribution in [0.2, 0.25) is 0 Å². The first-order valence-electron chi connectivity index (χ1n) is 8.42. The molecule has 5 heteroatoms. The molecular formula is C18H27N3O2. The van der Waals surface area contributed by atoms with Crippen LogP contribution in [-0.4, -0.2) is 41.0 Å². The van der Waals surface area contributed by atoms with E-state index in [0.29, 0.717) is 30.9 Å². The number of aliphatic hydroxyl groups excluding tert-OH is 2. The Hall–Kier alpha value is -1.64. The summed E-state index contributed by atoms with van der Waals surface area (Å²) < 4.78 is 0. The van der Waals surface area contributed by atoms with E-state index in [1.165, 1.54) is 0 Å². The molecule has 1 aromatic heterocycles. The van der Waals surface area contributed by atoms with Gasteiger partial charge in [-0.3, -0.25) is 0 Å². The van der Waals surface area contributed by atoms with Crippen molar-refractivity contribution in [1.29, 1.82) is 5.26 Å². The topological polar surface area (TPSA) is 80.4 Å². The first kappa shape index (κ1) is 17.7. The Morgan fingerprint density at radius 1 is 1.48 bits per heavy atom. The van der Waals surface area contributed by atoms with E-state index in [1.807, 2.05) is 12.1 Å². The van der Waals surface area contributed by atoms with Gasteiger partial charge in [-0.15, -0.1) is 0 Å². The van der Waals surface area contributed by atoms with Crippen LogP contribution in [0.3, 0.4) is 0 Å². The van der Waals surface area contributed by atoms with Crippen molar-refractivity contribution in [2.75, 3.05) is 24.6 Å².